The van der Waals surface area contributed by atoms with Crippen molar-refractivity contribution in [2.75, 3.05) is 31.4 Å². The molecule has 0 radical (unpaired) electrons. The number of anilines is 2. The summed E-state index contributed by atoms with van der Waals surface area (Å²) in [4.78, 5) is 12.1. The summed E-state index contributed by atoms with van der Waals surface area (Å²) in [5, 5.41) is 2.78. The third-order valence-corrected chi connectivity index (χ3v) is 3.67. The van der Waals surface area contributed by atoms with Crippen molar-refractivity contribution in [3.8, 4) is 5.75 Å². The number of rotatable bonds is 6. The molecule has 2 atom stereocenters. The Labute approximate surface area is 143 Å². The standard InChI is InChI=1S/C16H24N2O4.ClH/c1-11(22-10-13-5-3-4-8-21-13)16(19)18-12-6-7-15(20-2)14(17)9-12;/h6-7,9,11,13H,3-5,8,10,17H2,1-2H3,(H,18,19);1H. The normalized spacial score (nSPS) is 18.6. The van der Waals surface area contributed by atoms with E-state index in [1.54, 1.807) is 32.2 Å². The summed E-state index contributed by atoms with van der Waals surface area (Å²) < 4.78 is 16.3. The number of benzene rings is 1. The third-order valence-electron chi connectivity index (χ3n) is 3.67. The number of halogens is 1. The Bertz CT molecular complexity index is 507. The second-order valence-corrected chi connectivity index (χ2v) is 5.41. The predicted molar refractivity (Wildman–Crippen MR) is 92.3 cm³/mol. The summed E-state index contributed by atoms with van der Waals surface area (Å²) in [5.74, 6) is 0.372. The van der Waals surface area contributed by atoms with Crippen molar-refractivity contribution in [2.45, 2.75) is 38.4 Å². The number of hydrogen-bond donors (Lipinski definition) is 2. The topological polar surface area (TPSA) is 82.8 Å². The van der Waals surface area contributed by atoms with Crippen molar-refractivity contribution in [1.82, 2.24) is 0 Å². The van der Waals surface area contributed by atoms with Crippen molar-refractivity contribution < 1.29 is 19.0 Å². The van der Waals surface area contributed by atoms with E-state index >= 15 is 0 Å². The van der Waals surface area contributed by atoms with Crippen molar-refractivity contribution in [2.24, 2.45) is 0 Å². The number of amides is 1. The zero-order chi connectivity index (χ0) is 15.9. The van der Waals surface area contributed by atoms with Gasteiger partial charge in [-0.2, -0.15) is 0 Å². The molecule has 1 aliphatic heterocycles. The molecule has 7 heteroatoms. The van der Waals surface area contributed by atoms with Gasteiger partial charge in [0.15, 0.2) is 0 Å². The van der Waals surface area contributed by atoms with Crippen LogP contribution in [0.5, 0.6) is 5.75 Å². The molecule has 0 saturated carbocycles. The minimum atomic E-state index is -0.547. The maximum Gasteiger partial charge on any atom is 0.253 e. The number of carbonyl (C=O) groups is 1. The summed E-state index contributed by atoms with van der Waals surface area (Å²) >= 11 is 0. The first kappa shape index (κ1) is 19.5. The summed E-state index contributed by atoms with van der Waals surface area (Å²) in [6.07, 6.45) is 2.80. The average molecular weight is 345 g/mol. The van der Waals surface area contributed by atoms with Crippen molar-refractivity contribution in [3.63, 3.8) is 0 Å². The molecule has 1 aromatic rings. The molecule has 1 amide bonds. The fourth-order valence-corrected chi connectivity index (χ4v) is 2.32. The van der Waals surface area contributed by atoms with E-state index < -0.39 is 6.10 Å². The fourth-order valence-electron chi connectivity index (χ4n) is 2.32. The van der Waals surface area contributed by atoms with E-state index in [1.807, 2.05) is 0 Å². The highest BCUT2D eigenvalue weighted by Gasteiger charge is 2.19. The van der Waals surface area contributed by atoms with E-state index in [9.17, 15) is 4.79 Å². The summed E-state index contributed by atoms with van der Waals surface area (Å²) in [5.41, 5.74) is 6.91. The molecule has 3 N–H and O–H groups in total. The predicted octanol–water partition coefficient (Wildman–Crippen LogP) is 2.61. The quantitative estimate of drug-likeness (QED) is 0.775. The van der Waals surface area contributed by atoms with E-state index in [0.717, 1.165) is 25.9 Å². The van der Waals surface area contributed by atoms with Crippen LogP contribution in [0, 0.1) is 0 Å². The number of hydrogen-bond acceptors (Lipinski definition) is 5. The highest BCUT2D eigenvalue weighted by Crippen LogP contribution is 2.24. The first-order valence-electron chi connectivity index (χ1n) is 7.57. The molecule has 23 heavy (non-hydrogen) atoms. The van der Waals surface area contributed by atoms with E-state index in [1.165, 1.54) is 0 Å². The molecule has 1 aromatic carbocycles. The molecule has 2 unspecified atom stereocenters. The molecule has 1 aliphatic rings. The molecule has 0 aromatic heterocycles. The van der Waals surface area contributed by atoms with Gasteiger partial charge in [0.1, 0.15) is 11.9 Å². The van der Waals surface area contributed by atoms with Crippen LogP contribution in [0.2, 0.25) is 0 Å². The first-order chi connectivity index (χ1) is 10.6. The van der Waals surface area contributed by atoms with Gasteiger partial charge < -0.3 is 25.3 Å². The zero-order valence-electron chi connectivity index (χ0n) is 13.5. The second-order valence-electron chi connectivity index (χ2n) is 5.41. The Morgan fingerprint density at radius 3 is 2.87 bits per heavy atom. The molecular formula is C16H25ClN2O4. The zero-order valence-corrected chi connectivity index (χ0v) is 14.4. The largest absolute Gasteiger partial charge is 0.495 e. The maximum absolute atomic E-state index is 12.1. The summed E-state index contributed by atoms with van der Waals surface area (Å²) in [7, 11) is 1.55. The van der Waals surface area contributed by atoms with Gasteiger partial charge in [-0.15, -0.1) is 12.4 Å². The first-order valence-corrected chi connectivity index (χ1v) is 7.57. The van der Waals surface area contributed by atoms with E-state index in [-0.39, 0.29) is 24.4 Å². The summed E-state index contributed by atoms with van der Waals surface area (Å²) in [6.45, 7) is 2.95. The highest BCUT2D eigenvalue weighted by molar-refractivity contribution is 5.94. The van der Waals surface area contributed by atoms with Gasteiger partial charge in [0.05, 0.1) is 25.5 Å². The Morgan fingerprint density at radius 1 is 1.48 bits per heavy atom. The van der Waals surface area contributed by atoms with Gasteiger partial charge in [0.25, 0.3) is 5.91 Å². The molecule has 1 fully saturated rings. The monoisotopic (exact) mass is 344 g/mol. The smallest absolute Gasteiger partial charge is 0.253 e. The molecule has 1 saturated heterocycles. The lowest BCUT2D eigenvalue weighted by atomic mass is 10.1. The summed E-state index contributed by atoms with van der Waals surface area (Å²) in [6, 6.07) is 5.12. The lowest BCUT2D eigenvalue weighted by Crippen LogP contribution is -2.32. The van der Waals surface area contributed by atoms with Crippen LogP contribution in [0.4, 0.5) is 11.4 Å². The van der Waals surface area contributed by atoms with Gasteiger partial charge in [-0.25, -0.2) is 0 Å². The molecule has 130 valence electrons. The number of ether oxygens (including phenoxy) is 3. The fraction of sp³-hybridized carbons (Fsp3) is 0.562. The number of methoxy groups -OCH3 is 1. The van der Waals surface area contributed by atoms with Crippen LogP contribution in [-0.4, -0.2) is 38.4 Å². The number of nitrogen functional groups attached to an aromatic ring is 1. The maximum atomic E-state index is 12.1. The number of nitrogens with two attached hydrogens (primary N) is 1. The Kier molecular flexibility index (Phi) is 8.16. The van der Waals surface area contributed by atoms with Crippen molar-refractivity contribution >= 4 is 29.7 Å². The van der Waals surface area contributed by atoms with Gasteiger partial charge in [-0.1, -0.05) is 0 Å². The lowest BCUT2D eigenvalue weighted by Gasteiger charge is -2.24. The van der Waals surface area contributed by atoms with Crippen LogP contribution < -0.4 is 15.8 Å². The van der Waals surface area contributed by atoms with E-state index in [2.05, 4.69) is 5.32 Å². The molecule has 6 nitrogen and oxygen atoms in total. The highest BCUT2D eigenvalue weighted by atomic mass is 35.5. The SMILES string of the molecule is COc1ccc(NC(=O)C(C)OCC2CCCCO2)cc1N.Cl. The van der Waals surface area contributed by atoms with Crippen LogP contribution in [0.1, 0.15) is 26.2 Å². The molecule has 1 heterocycles. The lowest BCUT2D eigenvalue weighted by molar-refractivity contribution is -0.130. The van der Waals surface area contributed by atoms with Crippen LogP contribution in [0.3, 0.4) is 0 Å². The van der Waals surface area contributed by atoms with Crippen LogP contribution in [0.25, 0.3) is 0 Å². The molecule has 0 aliphatic carbocycles. The Morgan fingerprint density at radius 2 is 2.26 bits per heavy atom. The molecule has 2 rings (SSSR count). The minimum absolute atomic E-state index is 0. The Hall–Kier alpha value is -1.50. The van der Waals surface area contributed by atoms with Crippen LogP contribution in [0.15, 0.2) is 18.2 Å². The van der Waals surface area contributed by atoms with Gasteiger partial charge >= 0.3 is 0 Å². The van der Waals surface area contributed by atoms with Gasteiger partial charge in [0.2, 0.25) is 0 Å². The Balaban J connectivity index is 0.00000264. The molecular weight excluding hydrogens is 320 g/mol. The number of carbonyl (C=O) groups excluding carboxylic acids is 1. The van der Waals surface area contributed by atoms with E-state index in [0.29, 0.717) is 23.7 Å². The van der Waals surface area contributed by atoms with Crippen molar-refractivity contribution in [3.05, 3.63) is 18.2 Å². The van der Waals surface area contributed by atoms with E-state index in [4.69, 9.17) is 19.9 Å². The average Bonchev–Trinajstić information content (AvgIpc) is 2.53. The minimum Gasteiger partial charge on any atom is -0.495 e. The third kappa shape index (κ3) is 5.89. The van der Waals surface area contributed by atoms with Crippen molar-refractivity contribution in [1.29, 1.82) is 0 Å². The van der Waals surface area contributed by atoms with Crippen LogP contribution >= 0.6 is 12.4 Å². The van der Waals surface area contributed by atoms with Gasteiger partial charge in [-0.3, -0.25) is 4.79 Å². The van der Waals surface area contributed by atoms with Gasteiger partial charge in [0, 0.05) is 12.3 Å². The second kappa shape index (κ2) is 9.60. The molecule has 0 spiro atoms. The number of nitrogens with one attached hydrogen (secondary N) is 1. The van der Waals surface area contributed by atoms with Gasteiger partial charge in [-0.05, 0) is 44.4 Å². The van der Waals surface area contributed by atoms with Crippen LogP contribution in [-0.2, 0) is 14.3 Å². The molecule has 0 bridgehead atoms.